The summed E-state index contributed by atoms with van der Waals surface area (Å²) in [7, 11) is 3.83. The predicted octanol–water partition coefficient (Wildman–Crippen LogP) is 1.50. The van der Waals surface area contributed by atoms with Crippen LogP contribution < -0.4 is 10.6 Å². The van der Waals surface area contributed by atoms with Crippen LogP contribution >= 0.6 is 0 Å². The van der Waals surface area contributed by atoms with Crippen molar-refractivity contribution in [2.75, 3.05) is 32.5 Å². The highest BCUT2D eigenvalue weighted by molar-refractivity contribution is 6.05. The van der Waals surface area contributed by atoms with E-state index in [4.69, 9.17) is 5.26 Å². The van der Waals surface area contributed by atoms with Crippen LogP contribution in [0.15, 0.2) is 42.7 Å². The molecule has 1 aromatic carbocycles. The largest absolute Gasteiger partial charge is 0.351 e. The van der Waals surface area contributed by atoms with Gasteiger partial charge in [-0.25, -0.2) is 0 Å². The van der Waals surface area contributed by atoms with Crippen molar-refractivity contribution < 1.29 is 9.59 Å². The first-order chi connectivity index (χ1) is 12.0. The lowest BCUT2D eigenvalue weighted by Crippen LogP contribution is -2.31. The van der Waals surface area contributed by atoms with Crippen molar-refractivity contribution in [2.45, 2.75) is 0 Å². The van der Waals surface area contributed by atoms with Crippen LogP contribution in [0.4, 0.5) is 5.69 Å². The van der Waals surface area contributed by atoms with E-state index >= 15 is 0 Å². The monoisotopic (exact) mass is 337 g/mol. The van der Waals surface area contributed by atoms with Crippen molar-refractivity contribution >= 4 is 17.5 Å². The molecule has 0 atom stereocenters. The number of nitrogens with one attached hydrogen (secondary N) is 2. The molecule has 7 nitrogen and oxygen atoms in total. The van der Waals surface area contributed by atoms with Crippen LogP contribution in [0.1, 0.15) is 26.3 Å². The fraction of sp³-hybridized carbons (Fsp3) is 0.222. The number of amides is 2. The molecular formula is C18H19N5O2. The molecule has 2 rings (SSSR count). The van der Waals surface area contributed by atoms with Gasteiger partial charge in [0.15, 0.2) is 0 Å². The average molecular weight is 337 g/mol. The Morgan fingerprint density at radius 3 is 2.56 bits per heavy atom. The molecular weight excluding hydrogens is 318 g/mol. The second-order valence-corrected chi connectivity index (χ2v) is 5.67. The number of nitrogens with zero attached hydrogens (tertiary/aromatic N) is 3. The van der Waals surface area contributed by atoms with Gasteiger partial charge in [0, 0.05) is 31.2 Å². The van der Waals surface area contributed by atoms with Gasteiger partial charge in [-0.2, -0.15) is 5.26 Å². The Hall–Kier alpha value is -3.24. The summed E-state index contributed by atoms with van der Waals surface area (Å²) in [4.78, 5) is 30.3. The lowest BCUT2D eigenvalue weighted by Gasteiger charge is -2.11. The van der Waals surface area contributed by atoms with Gasteiger partial charge in [0.05, 0.1) is 22.8 Å². The molecule has 0 spiro atoms. The molecule has 2 aromatic rings. The van der Waals surface area contributed by atoms with Crippen molar-refractivity contribution in [3.8, 4) is 6.07 Å². The maximum atomic E-state index is 12.3. The van der Waals surface area contributed by atoms with Gasteiger partial charge in [0.2, 0.25) is 0 Å². The SMILES string of the molecule is CN(C)CCNC(=O)c1cncc(C(=O)Nc2cccc(C#N)c2)c1. The van der Waals surface area contributed by atoms with E-state index < -0.39 is 5.91 Å². The minimum Gasteiger partial charge on any atom is -0.351 e. The van der Waals surface area contributed by atoms with Gasteiger partial charge in [-0.05, 0) is 38.4 Å². The van der Waals surface area contributed by atoms with Crippen molar-refractivity contribution in [2.24, 2.45) is 0 Å². The smallest absolute Gasteiger partial charge is 0.257 e. The summed E-state index contributed by atoms with van der Waals surface area (Å²) in [5, 5.41) is 14.4. The van der Waals surface area contributed by atoms with Gasteiger partial charge in [-0.3, -0.25) is 14.6 Å². The minimum absolute atomic E-state index is 0.266. The Balaban J connectivity index is 2.05. The molecule has 0 saturated carbocycles. The van der Waals surface area contributed by atoms with Gasteiger partial charge in [0.1, 0.15) is 0 Å². The maximum absolute atomic E-state index is 12.3. The number of benzene rings is 1. The number of hydrogen-bond donors (Lipinski definition) is 2. The molecule has 0 aliphatic carbocycles. The summed E-state index contributed by atoms with van der Waals surface area (Å²) in [6.45, 7) is 1.22. The van der Waals surface area contributed by atoms with E-state index in [9.17, 15) is 9.59 Å². The third-order valence-corrected chi connectivity index (χ3v) is 3.36. The quantitative estimate of drug-likeness (QED) is 0.832. The summed E-state index contributed by atoms with van der Waals surface area (Å²) in [5.74, 6) is -0.680. The predicted molar refractivity (Wildman–Crippen MR) is 94.2 cm³/mol. The number of likely N-dealkylation sites (N-methyl/N-ethyl adjacent to an activating group) is 1. The molecule has 7 heteroatoms. The number of aromatic nitrogens is 1. The molecule has 25 heavy (non-hydrogen) atoms. The molecule has 0 unspecified atom stereocenters. The van der Waals surface area contributed by atoms with Crippen LogP contribution in [-0.2, 0) is 0 Å². The zero-order chi connectivity index (χ0) is 18.2. The maximum Gasteiger partial charge on any atom is 0.257 e. The minimum atomic E-state index is -0.398. The number of nitriles is 1. The zero-order valence-corrected chi connectivity index (χ0v) is 14.1. The summed E-state index contributed by atoms with van der Waals surface area (Å²) in [6.07, 6.45) is 2.80. The first-order valence-electron chi connectivity index (χ1n) is 7.69. The van der Waals surface area contributed by atoms with Crippen LogP contribution in [-0.4, -0.2) is 48.9 Å². The Kier molecular flexibility index (Phi) is 6.20. The topological polar surface area (TPSA) is 98.1 Å². The molecule has 0 aliphatic rings. The van der Waals surface area contributed by atoms with Crippen LogP contribution in [0, 0.1) is 11.3 Å². The first kappa shape index (κ1) is 18.1. The summed E-state index contributed by atoms with van der Waals surface area (Å²) < 4.78 is 0. The van der Waals surface area contributed by atoms with Crippen molar-refractivity contribution in [3.05, 3.63) is 59.4 Å². The third kappa shape index (κ3) is 5.41. The van der Waals surface area contributed by atoms with Crippen LogP contribution in [0.3, 0.4) is 0 Å². The van der Waals surface area contributed by atoms with Crippen molar-refractivity contribution in [3.63, 3.8) is 0 Å². The number of carbonyl (C=O) groups excluding carboxylic acids is 2. The highest BCUT2D eigenvalue weighted by Gasteiger charge is 2.12. The highest BCUT2D eigenvalue weighted by atomic mass is 16.2. The average Bonchev–Trinajstić information content (AvgIpc) is 2.61. The molecule has 0 saturated heterocycles. The van der Waals surface area contributed by atoms with Crippen molar-refractivity contribution in [1.29, 1.82) is 5.26 Å². The van der Waals surface area contributed by atoms with E-state index in [-0.39, 0.29) is 11.5 Å². The normalized spacial score (nSPS) is 10.2. The van der Waals surface area contributed by atoms with E-state index in [1.54, 1.807) is 24.3 Å². The zero-order valence-electron chi connectivity index (χ0n) is 14.1. The lowest BCUT2D eigenvalue weighted by atomic mass is 10.1. The lowest BCUT2D eigenvalue weighted by molar-refractivity contribution is 0.0950. The number of hydrogen-bond acceptors (Lipinski definition) is 5. The molecule has 128 valence electrons. The third-order valence-electron chi connectivity index (χ3n) is 3.36. The van der Waals surface area contributed by atoms with Crippen LogP contribution in [0.2, 0.25) is 0 Å². The molecule has 0 fully saturated rings. The fourth-order valence-corrected chi connectivity index (χ4v) is 2.05. The molecule has 0 radical (unpaired) electrons. The van der Waals surface area contributed by atoms with Gasteiger partial charge in [0.25, 0.3) is 11.8 Å². The van der Waals surface area contributed by atoms with E-state index in [0.717, 1.165) is 0 Å². The van der Waals surface area contributed by atoms with Gasteiger partial charge < -0.3 is 15.5 Å². The van der Waals surface area contributed by atoms with E-state index in [1.165, 1.54) is 18.5 Å². The Morgan fingerprint density at radius 1 is 1.16 bits per heavy atom. The number of rotatable bonds is 6. The number of pyridine rings is 1. The highest BCUT2D eigenvalue weighted by Crippen LogP contribution is 2.12. The Labute approximate surface area is 146 Å². The number of carbonyl (C=O) groups is 2. The molecule has 1 aromatic heterocycles. The van der Waals surface area contributed by atoms with Gasteiger partial charge >= 0.3 is 0 Å². The summed E-state index contributed by atoms with van der Waals surface area (Å²) in [5.41, 5.74) is 1.54. The Morgan fingerprint density at radius 2 is 1.88 bits per heavy atom. The van der Waals surface area contributed by atoms with Crippen LogP contribution in [0.5, 0.6) is 0 Å². The van der Waals surface area contributed by atoms with E-state index in [2.05, 4.69) is 15.6 Å². The van der Waals surface area contributed by atoms with Gasteiger partial charge in [-0.1, -0.05) is 6.07 Å². The number of anilines is 1. The first-order valence-corrected chi connectivity index (χ1v) is 7.69. The summed E-state index contributed by atoms with van der Waals surface area (Å²) >= 11 is 0. The van der Waals surface area contributed by atoms with Gasteiger partial charge in [-0.15, -0.1) is 0 Å². The van der Waals surface area contributed by atoms with Crippen LogP contribution in [0.25, 0.3) is 0 Å². The second kappa shape index (κ2) is 8.57. The Bertz CT molecular complexity index is 811. The molecule has 1 heterocycles. The molecule has 2 N–H and O–H groups in total. The molecule has 0 bridgehead atoms. The second-order valence-electron chi connectivity index (χ2n) is 5.67. The molecule has 0 aliphatic heterocycles. The molecule has 2 amide bonds. The van der Waals surface area contributed by atoms with Crippen molar-refractivity contribution in [1.82, 2.24) is 15.2 Å². The standard InChI is InChI=1S/C18H19N5O2/c1-23(2)7-6-21-17(24)14-9-15(12-20-11-14)18(25)22-16-5-3-4-13(8-16)10-19/h3-5,8-9,11-12H,6-7H2,1-2H3,(H,21,24)(H,22,25). The summed E-state index contributed by atoms with van der Waals surface area (Å²) in [6, 6.07) is 10.1. The van der Waals surface area contributed by atoms with E-state index in [0.29, 0.717) is 29.9 Å². The van der Waals surface area contributed by atoms with E-state index in [1.807, 2.05) is 25.1 Å². The fourth-order valence-electron chi connectivity index (χ4n) is 2.05.